The molecule has 0 radical (unpaired) electrons. The molecule has 0 N–H and O–H groups in total. The van der Waals surface area contributed by atoms with Crippen LogP contribution in [0.3, 0.4) is 0 Å². The molecule has 2 rings (SSSR count). The molecule has 0 aliphatic heterocycles. The molecular weight excluding hydrogens is 365 g/mol. The van der Waals surface area contributed by atoms with Gasteiger partial charge in [0.05, 0.1) is 14.2 Å². The third-order valence-corrected chi connectivity index (χ3v) is 2.88. The molecule has 0 amide bonds. The van der Waals surface area contributed by atoms with Gasteiger partial charge in [-0.3, -0.25) is 0 Å². The van der Waals surface area contributed by atoms with E-state index in [4.69, 9.17) is 9.47 Å². The van der Waals surface area contributed by atoms with Crippen LogP contribution < -0.4 is 14.0 Å². The smallest absolute Gasteiger partial charge is 0.169 e. The summed E-state index contributed by atoms with van der Waals surface area (Å²) in [6, 6.07) is 10.00. The van der Waals surface area contributed by atoms with Crippen LogP contribution in [-0.2, 0) is 7.05 Å². The highest BCUT2D eigenvalue weighted by molar-refractivity contribution is 14.0. The molecule has 0 aliphatic carbocycles. The van der Waals surface area contributed by atoms with Crippen molar-refractivity contribution in [3.05, 3.63) is 53.9 Å². The SMILES string of the molecule is COc1ccc(C=Cc2cc[n+](C)cc2)cc1OC.I. The average molecular weight is 384 g/mol. The fraction of sp³-hybridized carbons (Fsp3) is 0.188. The van der Waals surface area contributed by atoms with Crippen LogP contribution in [0.25, 0.3) is 12.2 Å². The average Bonchev–Trinajstić information content (AvgIpc) is 2.46. The minimum absolute atomic E-state index is 0. The standard InChI is InChI=1S/C16H18NO2.HI/c1-17-10-8-13(9-11-17)4-5-14-6-7-15(18-2)16(12-14)19-3;/h4-12H,1-3H3;1H/q+1;. The van der Waals surface area contributed by atoms with Gasteiger partial charge in [0.15, 0.2) is 23.9 Å². The zero-order valence-electron chi connectivity index (χ0n) is 11.9. The van der Waals surface area contributed by atoms with Crippen molar-refractivity contribution in [3.63, 3.8) is 0 Å². The van der Waals surface area contributed by atoms with Crippen molar-refractivity contribution < 1.29 is 14.0 Å². The van der Waals surface area contributed by atoms with E-state index in [1.165, 1.54) is 0 Å². The summed E-state index contributed by atoms with van der Waals surface area (Å²) < 4.78 is 12.5. The number of hydrogen-bond acceptors (Lipinski definition) is 2. The lowest BCUT2D eigenvalue weighted by Gasteiger charge is -2.07. The third kappa shape index (κ3) is 4.23. The molecule has 3 nitrogen and oxygen atoms in total. The number of methoxy groups -OCH3 is 2. The highest BCUT2D eigenvalue weighted by atomic mass is 127. The molecular formula is C16H19INO2+. The summed E-state index contributed by atoms with van der Waals surface area (Å²) in [4.78, 5) is 0. The molecule has 0 bridgehead atoms. The number of benzene rings is 1. The topological polar surface area (TPSA) is 22.3 Å². The van der Waals surface area contributed by atoms with Crippen LogP contribution in [0.15, 0.2) is 42.7 Å². The van der Waals surface area contributed by atoms with Gasteiger partial charge in [0, 0.05) is 12.1 Å². The summed E-state index contributed by atoms with van der Waals surface area (Å²) in [6.45, 7) is 0. The number of pyridine rings is 1. The van der Waals surface area contributed by atoms with Gasteiger partial charge >= 0.3 is 0 Å². The second kappa shape index (κ2) is 7.89. The molecule has 1 heterocycles. The number of halogens is 1. The van der Waals surface area contributed by atoms with Crippen molar-refractivity contribution in [2.24, 2.45) is 7.05 Å². The molecule has 1 aromatic heterocycles. The molecule has 0 unspecified atom stereocenters. The van der Waals surface area contributed by atoms with E-state index in [0.29, 0.717) is 0 Å². The fourth-order valence-corrected chi connectivity index (χ4v) is 1.77. The molecule has 0 spiro atoms. The molecule has 2 aromatic rings. The Balaban J connectivity index is 0.00000200. The van der Waals surface area contributed by atoms with Gasteiger partial charge in [0.25, 0.3) is 0 Å². The molecule has 0 saturated carbocycles. The Morgan fingerprint density at radius 1 is 0.850 bits per heavy atom. The number of aromatic nitrogens is 1. The lowest BCUT2D eigenvalue weighted by Crippen LogP contribution is -2.25. The summed E-state index contributed by atoms with van der Waals surface area (Å²) in [5.41, 5.74) is 2.23. The Bertz CT molecular complexity index is 580. The molecule has 0 fully saturated rings. The molecule has 4 heteroatoms. The predicted molar refractivity (Wildman–Crippen MR) is 91.5 cm³/mol. The van der Waals surface area contributed by atoms with Gasteiger partial charge in [-0.2, -0.15) is 0 Å². The zero-order valence-corrected chi connectivity index (χ0v) is 14.2. The van der Waals surface area contributed by atoms with Crippen LogP contribution in [0.1, 0.15) is 11.1 Å². The van der Waals surface area contributed by atoms with E-state index >= 15 is 0 Å². The Kier molecular flexibility index (Phi) is 6.51. The molecule has 106 valence electrons. The lowest BCUT2D eigenvalue weighted by molar-refractivity contribution is -0.671. The summed E-state index contributed by atoms with van der Waals surface area (Å²) in [5.74, 6) is 1.48. The molecule has 0 atom stereocenters. The quantitative estimate of drug-likeness (QED) is 0.596. The van der Waals surface area contributed by atoms with E-state index in [9.17, 15) is 0 Å². The highest BCUT2D eigenvalue weighted by Crippen LogP contribution is 2.28. The van der Waals surface area contributed by atoms with Crippen LogP contribution in [-0.4, -0.2) is 14.2 Å². The first kappa shape index (κ1) is 16.5. The van der Waals surface area contributed by atoms with Crippen LogP contribution >= 0.6 is 24.0 Å². The lowest BCUT2D eigenvalue weighted by atomic mass is 10.1. The Hall–Kier alpha value is -1.56. The summed E-state index contributed by atoms with van der Waals surface area (Å²) in [5, 5.41) is 0. The Labute approximate surface area is 136 Å². The van der Waals surface area contributed by atoms with E-state index < -0.39 is 0 Å². The predicted octanol–water partition coefficient (Wildman–Crippen LogP) is 3.32. The Morgan fingerprint density at radius 3 is 2.05 bits per heavy atom. The highest BCUT2D eigenvalue weighted by Gasteiger charge is 2.02. The van der Waals surface area contributed by atoms with Gasteiger partial charge in [-0.05, 0) is 23.3 Å². The van der Waals surface area contributed by atoms with Crippen LogP contribution in [0.5, 0.6) is 11.5 Å². The van der Waals surface area contributed by atoms with Crippen LogP contribution in [0.4, 0.5) is 0 Å². The maximum absolute atomic E-state index is 5.28. The molecule has 20 heavy (non-hydrogen) atoms. The number of aryl methyl sites for hydroxylation is 1. The van der Waals surface area contributed by atoms with Gasteiger partial charge in [0.2, 0.25) is 0 Å². The van der Waals surface area contributed by atoms with E-state index in [2.05, 4.69) is 24.3 Å². The number of hydrogen-bond donors (Lipinski definition) is 0. The van der Waals surface area contributed by atoms with Gasteiger partial charge < -0.3 is 9.47 Å². The van der Waals surface area contributed by atoms with Crippen LogP contribution in [0, 0.1) is 0 Å². The monoisotopic (exact) mass is 384 g/mol. The second-order valence-corrected chi connectivity index (χ2v) is 4.24. The molecule has 1 aromatic carbocycles. The van der Waals surface area contributed by atoms with E-state index in [0.717, 1.165) is 22.6 Å². The first-order chi connectivity index (χ1) is 9.22. The van der Waals surface area contributed by atoms with E-state index in [1.54, 1.807) is 14.2 Å². The van der Waals surface area contributed by atoms with Gasteiger partial charge in [-0.25, -0.2) is 4.57 Å². The first-order valence-corrected chi connectivity index (χ1v) is 6.08. The van der Waals surface area contributed by atoms with E-state index in [-0.39, 0.29) is 24.0 Å². The summed E-state index contributed by atoms with van der Waals surface area (Å²) in [7, 11) is 5.28. The first-order valence-electron chi connectivity index (χ1n) is 6.08. The van der Waals surface area contributed by atoms with Crippen molar-refractivity contribution >= 4 is 36.1 Å². The Morgan fingerprint density at radius 2 is 1.45 bits per heavy atom. The minimum Gasteiger partial charge on any atom is -0.493 e. The summed E-state index contributed by atoms with van der Waals surface area (Å²) >= 11 is 0. The van der Waals surface area contributed by atoms with E-state index in [1.807, 2.05) is 42.2 Å². The normalized spacial score (nSPS) is 10.2. The van der Waals surface area contributed by atoms with Crippen molar-refractivity contribution in [2.75, 3.05) is 14.2 Å². The zero-order chi connectivity index (χ0) is 13.7. The van der Waals surface area contributed by atoms with Gasteiger partial charge in [-0.15, -0.1) is 24.0 Å². The van der Waals surface area contributed by atoms with Crippen molar-refractivity contribution in [3.8, 4) is 11.5 Å². The number of ether oxygens (including phenoxy) is 2. The van der Waals surface area contributed by atoms with Gasteiger partial charge in [-0.1, -0.05) is 18.2 Å². The number of nitrogens with zero attached hydrogens (tertiary/aromatic N) is 1. The maximum atomic E-state index is 5.28. The maximum Gasteiger partial charge on any atom is 0.169 e. The molecule has 0 saturated heterocycles. The largest absolute Gasteiger partial charge is 0.493 e. The summed E-state index contributed by atoms with van der Waals surface area (Å²) in [6.07, 6.45) is 8.17. The minimum atomic E-state index is 0. The second-order valence-electron chi connectivity index (χ2n) is 4.24. The third-order valence-electron chi connectivity index (χ3n) is 2.88. The van der Waals surface area contributed by atoms with Crippen molar-refractivity contribution in [1.29, 1.82) is 0 Å². The van der Waals surface area contributed by atoms with Crippen LogP contribution in [0.2, 0.25) is 0 Å². The molecule has 0 aliphatic rings. The van der Waals surface area contributed by atoms with Gasteiger partial charge in [0.1, 0.15) is 7.05 Å². The van der Waals surface area contributed by atoms with Crippen molar-refractivity contribution in [1.82, 2.24) is 0 Å². The fourth-order valence-electron chi connectivity index (χ4n) is 1.77. The number of rotatable bonds is 4. The van der Waals surface area contributed by atoms with Crippen molar-refractivity contribution in [2.45, 2.75) is 0 Å².